The van der Waals surface area contributed by atoms with Gasteiger partial charge in [-0.05, 0) is 25.1 Å². The summed E-state index contributed by atoms with van der Waals surface area (Å²) in [5.74, 6) is -0.317. The molecule has 0 bridgehead atoms. The maximum absolute atomic E-state index is 11.8. The van der Waals surface area contributed by atoms with E-state index >= 15 is 0 Å². The van der Waals surface area contributed by atoms with Crippen molar-refractivity contribution in [3.05, 3.63) is 23.8 Å². The molecule has 0 atom stereocenters. The van der Waals surface area contributed by atoms with Gasteiger partial charge in [-0.1, -0.05) is 0 Å². The Labute approximate surface area is 104 Å². The Morgan fingerprint density at radius 3 is 2.94 bits per heavy atom. The lowest BCUT2D eigenvalue weighted by molar-refractivity contribution is 0.0453. The molecular formula is C12H15NO3S. The number of hydrogen-bond acceptors (Lipinski definition) is 5. The molecule has 0 spiro atoms. The second-order valence-corrected chi connectivity index (χ2v) is 5.10. The topological polar surface area (TPSA) is 61.5 Å². The van der Waals surface area contributed by atoms with Crippen LogP contribution in [0.1, 0.15) is 17.3 Å². The number of thioether (sulfide) groups is 1. The number of benzene rings is 1. The van der Waals surface area contributed by atoms with Crippen molar-refractivity contribution in [2.75, 3.05) is 25.6 Å². The Kier molecular flexibility index (Phi) is 3.91. The van der Waals surface area contributed by atoms with Gasteiger partial charge < -0.3 is 15.2 Å². The standard InChI is InChI=1S/C12H15NO3S/c1-2-16-12(14)10-5-8(13)3-4-11(10)17-9-6-15-7-9/h3-5,9H,2,6-7,13H2,1H3. The van der Waals surface area contributed by atoms with Crippen LogP contribution in [0.5, 0.6) is 0 Å². The summed E-state index contributed by atoms with van der Waals surface area (Å²) in [6.45, 7) is 3.62. The highest BCUT2D eigenvalue weighted by molar-refractivity contribution is 8.00. The van der Waals surface area contributed by atoms with Crippen molar-refractivity contribution < 1.29 is 14.3 Å². The van der Waals surface area contributed by atoms with E-state index in [0.29, 0.717) is 23.1 Å². The molecule has 0 radical (unpaired) electrons. The first kappa shape index (κ1) is 12.3. The summed E-state index contributed by atoms with van der Waals surface area (Å²) >= 11 is 1.64. The van der Waals surface area contributed by atoms with E-state index in [1.165, 1.54) is 0 Å². The average molecular weight is 253 g/mol. The highest BCUT2D eigenvalue weighted by Gasteiger charge is 2.23. The fourth-order valence-corrected chi connectivity index (χ4v) is 2.58. The van der Waals surface area contributed by atoms with Gasteiger partial charge >= 0.3 is 5.97 Å². The zero-order valence-electron chi connectivity index (χ0n) is 9.64. The van der Waals surface area contributed by atoms with Crippen LogP contribution < -0.4 is 5.73 Å². The van der Waals surface area contributed by atoms with Crippen molar-refractivity contribution in [2.45, 2.75) is 17.1 Å². The third kappa shape index (κ3) is 2.92. The smallest absolute Gasteiger partial charge is 0.339 e. The Balaban J connectivity index is 2.19. The average Bonchev–Trinajstić information content (AvgIpc) is 2.25. The van der Waals surface area contributed by atoms with Crippen LogP contribution in [0.25, 0.3) is 0 Å². The molecule has 1 aliphatic rings. The molecule has 0 aliphatic carbocycles. The van der Waals surface area contributed by atoms with Crippen LogP contribution in [0, 0.1) is 0 Å². The Morgan fingerprint density at radius 2 is 2.35 bits per heavy atom. The molecule has 1 fully saturated rings. The van der Waals surface area contributed by atoms with Gasteiger partial charge in [0.15, 0.2) is 0 Å². The van der Waals surface area contributed by atoms with Gasteiger partial charge in [-0.15, -0.1) is 11.8 Å². The highest BCUT2D eigenvalue weighted by atomic mass is 32.2. The summed E-state index contributed by atoms with van der Waals surface area (Å²) in [6.07, 6.45) is 0. The van der Waals surface area contributed by atoms with Crippen LogP contribution in [-0.2, 0) is 9.47 Å². The van der Waals surface area contributed by atoms with E-state index in [2.05, 4.69) is 0 Å². The number of anilines is 1. The van der Waals surface area contributed by atoms with E-state index < -0.39 is 0 Å². The molecule has 92 valence electrons. The van der Waals surface area contributed by atoms with Crippen molar-refractivity contribution in [3.8, 4) is 0 Å². The monoisotopic (exact) mass is 253 g/mol. The molecule has 0 unspecified atom stereocenters. The number of esters is 1. The lowest BCUT2D eigenvalue weighted by Crippen LogP contribution is -2.30. The molecule has 2 rings (SSSR count). The minimum atomic E-state index is -0.317. The molecule has 1 aromatic carbocycles. The van der Waals surface area contributed by atoms with Gasteiger partial charge in [0.1, 0.15) is 0 Å². The first-order valence-corrected chi connectivity index (χ1v) is 6.39. The van der Waals surface area contributed by atoms with Crippen LogP contribution in [-0.4, -0.2) is 31.0 Å². The number of rotatable bonds is 4. The van der Waals surface area contributed by atoms with Gasteiger partial charge in [-0.2, -0.15) is 0 Å². The van der Waals surface area contributed by atoms with Crippen molar-refractivity contribution in [1.82, 2.24) is 0 Å². The largest absolute Gasteiger partial charge is 0.462 e. The molecule has 1 saturated heterocycles. The summed E-state index contributed by atoms with van der Waals surface area (Å²) in [7, 11) is 0. The summed E-state index contributed by atoms with van der Waals surface area (Å²) in [5.41, 5.74) is 6.81. The first-order chi connectivity index (χ1) is 8.20. The number of carbonyl (C=O) groups is 1. The van der Waals surface area contributed by atoms with Crippen LogP contribution in [0.4, 0.5) is 5.69 Å². The lowest BCUT2D eigenvalue weighted by Gasteiger charge is -2.25. The predicted molar refractivity (Wildman–Crippen MR) is 67.3 cm³/mol. The zero-order valence-corrected chi connectivity index (χ0v) is 10.5. The number of nitrogens with two attached hydrogens (primary N) is 1. The Bertz CT molecular complexity index is 418. The SMILES string of the molecule is CCOC(=O)c1cc(N)ccc1SC1COC1. The second-order valence-electron chi connectivity index (χ2n) is 3.75. The van der Waals surface area contributed by atoms with Crippen molar-refractivity contribution in [3.63, 3.8) is 0 Å². The van der Waals surface area contributed by atoms with E-state index in [-0.39, 0.29) is 5.97 Å². The third-order valence-electron chi connectivity index (χ3n) is 2.40. The third-order valence-corrected chi connectivity index (χ3v) is 3.62. The Morgan fingerprint density at radius 1 is 1.59 bits per heavy atom. The lowest BCUT2D eigenvalue weighted by atomic mass is 10.2. The second kappa shape index (κ2) is 5.42. The molecule has 2 N–H and O–H groups in total. The summed E-state index contributed by atoms with van der Waals surface area (Å²) in [5, 5.41) is 0.423. The van der Waals surface area contributed by atoms with Gasteiger partial charge in [0.2, 0.25) is 0 Å². The summed E-state index contributed by atoms with van der Waals surface area (Å²) < 4.78 is 10.1. The molecule has 17 heavy (non-hydrogen) atoms. The normalized spacial score (nSPS) is 15.4. The van der Waals surface area contributed by atoms with Crippen LogP contribution >= 0.6 is 11.8 Å². The van der Waals surface area contributed by atoms with E-state index in [4.69, 9.17) is 15.2 Å². The molecule has 0 saturated carbocycles. The van der Waals surface area contributed by atoms with E-state index in [1.807, 2.05) is 6.07 Å². The van der Waals surface area contributed by atoms with Crippen LogP contribution in [0.3, 0.4) is 0 Å². The van der Waals surface area contributed by atoms with Gasteiger partial charge in [0, 0.05) is 10.6 Å². The highest BCUT2D eigenvalue weighted by Crippen LogP contribution is 2.32. The maximum Gasteiger partial charge on any atom is 0.339 e. The van der Waals surface area contributed by atoms with Gasteiger partial charge in [0.05, 0.1) is 30.6 Å². The molecular weight excluding hydrogens is 238 g/mol. The predicted octanol–water partition coefficient (Wildman–Crippen LogP) is 1.94. The number of carbonyl (C=O) groups excluding carboxylic acids is 1. The van der Waals surface area contributed by atoms with E-state index in [0.717, 1.165) is 18.1 Å². The number of nitrogen functional groups attached to an aromatic ring is 1. The number of hydrogen-bond donors (Lipinski definition) is 1. The van der Waals surface area contributed by atoms with Gasteiger partial charge in [-0.25, -0.2) is 4.79 Å². The zero-order chi connectivity index (χ0) is 12.3. The van der Waals surface area contributed by atoms with Gasteiger partial charge in [-0.3, -0.25) is 0 Å². The van der Waals surface area contributed by atoms with Crippen molar-refractivity contribution in [2.24, 2.45) is 0 Å². The molecule has 1 aliphatic heterocycles. The molecule has 4 nitrogen and oxygen atoms in total. The first-order valence-electron chi connectivity index (χ1n) is 5.51. The molecule has 1 heterocycles. The van der Waals surface area contributed by atoms with Crippen molar-refractivity contribution in [1.29, 1.82) is 0 Å². The Hall–Kier alpha value is -1.20. The molecule has 5 heteroatoms. The summed E-state index contributed by atoms with van der Waals surface area (Å²) in [4.78, 5) is 12.7. The minimum Gasteiger partial charge on any atom is -0.462 e. The van der Waals surface area contributed by atoms with E-state index in [9.17, 15) is 4.79 Å². The molecule has 0 amide bonds. The number of ether oxygens (including phenoxy) is 2. The summed E-state index contributed by atoms with van der Waals surface area (Å²) in [6, 6.07) is 5.33. The fourth-order valence-electron chi connectivity index (χ4n) is 1.48. The van der Waals surface area contributed by atoms with Gasteiger partial charge in [0.25, 0.3) is 0 Å². The van der Waals surface area contributed by atoms with Crippen LogP contribution in [0.15, 0.2) is 23.1 Å². The van der Waals surface area contributed by atoms with Crippen LogP contribution in [0.2, 0.25) is 0 Å². The minimum absolute atomic E-state index is 0.317. The maximum atomic E-state index is 11.8. The molecule has 1 aromatic rings. The fraction of sp³-hybridized carbons (Fsp3) is 0.417. The quantitative estimate of drug-likeness (QED) is 0.656. The van der Waals surface area contributed by atoms with Crippen molar-refractivity contribution >= 4 is 23.4 Å². The molecule has 0 aromatic heterocycles. The van der Waals surface area contributed by atoms with E-state index in [1.54, 1.807) is 30.8 Å².